The second-order valence-electron chi connectivity index (χ2n) is 3.75. The van der Waals surface area contributed by atoms with Crippen LogP contribution in [0.25, 0.3) is 0 Å². The Bertz CT molecular complexity index is 368. The SMILES string of the molecule is COCc1nc(C(C)(C)N)sc1C(=O)O. The van der Waals surface area contributed by atoms with Crippen LogP contribution in [0.2, 0.25) is 0 Å². The number of carbonyl (C=O) groups is 1. The minimum absolute atomic E-state index is 0.189. The molecule has 0 spiro atoms. The Kier molecular flexibility index (Phi) is 3.43. The molecule has 0 aromatic carbocycles. The monoisotopic (exact) mass is 230 g/mol. The number of carboxylic acids is 1. The quantitative estimate of drug-likeness (QED) is 0.811. The Hall–Kier alpha value is -0.980. The van der Waals surface area contributed by atoms with Crippen molar-refractivity contribution < 1.29 is 14.6 Å². The molecule has 1 rings (SSSR count). The molecule has 0 aliphatic carbocycles. The fourth-order valence-electron chi connectivity index (χ4n) is 1.03. The van der Waals surface area contributed by atoms with Crippen molar-refractivity contribution in [1.82, 2.24) is 4.98 Å². The van der Waals surface area contributed by atoms with E-state index >= 15 is 0 Å². The van der Waals surface area contributed by atoms with Crippen molar-refractivity contribution in [3.05, 3.63) is 15.6 Å². The molecule has 6 heteroatoms. The molecule has 84 valence electrons. The zero-order valence-electron chi connectivity index (χ0n) is 8.90. The Morgan fingerprint density at radius 1 is 1.67 bits per heavy atom. The molecule has 0 aliphatic heterocycles. The zero-order valence-corrected chi connectivity index (χ0v) is 9.72. The van der Waals surface area contributed by atoms with E-state index in [2.05, 4.69) is 4.98 Å². The van der Waals surface area contributed by atoms with E-state index in [9.17, 15) is 4.79 Å². The molecule has 0 aliphatic rings. The highest BCUT2D eigenvalue weighted by Gasteiger charge is 2.24. The number of nitrogens with two attached hydrogens (primary N) is 1. The number of methoxy groups -OCH3 is 1. The van der Waals surface area contributed by atoms with Crippen LogP contribution >= 0.6 is 11.3 Å². The predicted molar refractivity (Wildman–Crippen MR) is 57.0 cm³/mol. The first-order valence-corrected chi connectivity index (χ1v) is 5.19. The molecule has 0 saturated heterocycles. The molecule has 1 aromatic rings. The van der Waals surface area contributed by atoms with Gasteiger partial charge in [0.05, 0.1) is 17.8 Å². The molecular weight excluding hydrogens is 216 g/mol. The van der Waals surface area contributed by atoms with Crippen molar-refractivity contribution in [2.75, 3.05) is 7.11 Å². The summed E-state index contributed by atoms with van der Waals surface area (Å²) in [4.78, 5) is 15.3. The minimum Gasteiger partial charge on any atom is -0.477 e. The molecule has 0 saturated carbocycles. The third-order valence-electron chi connectivity index (χ3n) is 1.72. The number of aromatic nitrogens is 1. The van der Waals surface area contributed by atoms with E-state index in [1.54, 1.807) is 13.8 Å². The van der Waals surface area contributed by atoms with Gasteiger partial charge in [0.25, 0.3) is 0 Å². The van der Waals surface area contributed by atoms with Crippen LogP contribution < -0.4 is 5.73 Å². The topological polar surface area (TPSA) is 85.4 Å². The number of hydrogen-bond acceptors (Lipinski definition) is 5. The molecule has 0 amide bonds. The van der Waals surface area contributed by atoms with E-state index in [1.807, 2.05) is 0 Å². The van der Waals surface area contributed by atoms with Crippen molar-refractivity contribution in [3.63, 3.8) is 0 Å². The molecule has 3 N–H and O–H groups in total. The summed E-state index contributed by atoms with van der Waals surface area (Å²) in [7, 11) is 1.50. The van der Waals surface area contributed by atoms with Crippen LogP contribution in [0.4, 0.5) is 0 Å². The second-order valence-corrected chi connectivity index (χ2v) is 4.75. The van der Waals surface area contributed by atoms with Crippen molar-refractivity contribution in [1.29, 1.82) is 0 Å². The lowest BCUT2D eigenvalue weighted by Crippen LogP contribution is -2.28. The van der Waals surface area contributed by atoms with Gasteiger partial charge in [0.15, 0.2) is 0 Å². The second kappa shape index (κ2) is 4.26. The van der Waals surface area contributed by atoms with Gasteiger partial charge in [0, 0.05) is 7.11 Å². The third-order valence-corrected chi connectivity index (χ3v) is 3.15. The van der Waals surface area contributed by atoms with Gasteiger partial charge in [0.1, 0.15) is 9.88 Å². The highest BCUT2D eigenvalue weighted by Crippen LogP contribution is 2.26. The van der Waals surface area contributed by atoms with Gasteiger partial charge in [-0.3, -0.25) is 0 Å². The predicted octanol–water partition coefficient (Wildman–Crippen LogP) is 1.18. The molecule has 0 fully saturated rings. The third kappa shape index (κ3) is 2.74. The van der Waals surface area contributed by atoms with E-state index in [4.69, 9.17) is 15.6 Å². The van der Waals surface area contributed by atoms with Crippen LogP contribution in [0.1, 0.15) is 34.2 Å². The number of hydrogen-bond donors (Lipinski definition) is 2. The molecule has 0 bridgehead atoms. The normalized spacial score (nSPS) is 11.7. The summed E-state index contributed by atoms with van der Waals surface area (Å²) < 4.78 is 4.88. The summed E-state index contributed by atoms with van der Waals surface area (Å²) in [6.45, 7) is 3.76. The molecule has 15 heavy (non-hydrogen) atoms. The Labute approximate surface area is 91.9 Å². The molecule has 0 radical (unpaired) electrons. The van der Waals surface area contributed by atoms with E-state index in [-0.39, 0.29) is 11.5 Å². The van der Waals surface area contributed by atoms with Crippen LogP contribution in [0.15, 0.2) is 0 Å². The Morgan fingerprint density at radius 2 is 2.27 bits per heavy atom. The molecule has 1 heterocycles. The van der Waals surface area contributed by atoms with E-state index in [0.717, 1.165) is 11.3 Å². The number of aromatic carboxylic acids is 1. The standard InChI is InChI=1S/C9H14N2O3S/c1-9(2,10)8-11-5(4-14-3)6(15-8)7(12)13/h4,10H2,1-3H3,(H,12,13). The molecular formula is C9H14N2O3S. The fourth-order valence-corrected chi connectivity index (χ4v) is 1.95. The molecule has 0 atom stereocenters. The average Bonchev–Trinajstić information content (AvgIpc) is 2.48. The van der Waals surface area contributed by atoms with Crippen molar-refractivity contribution in [2.45, 2.75) is 26.0 Å². The van der Waals surface area contributed by atoms with E-state index in [0.29, 0.717) is 10.7 Å². The Balaban J connectivity index is 3.15. The minimum atomic E-state index is -0.991. The maximum atomic E-state index is 10.9. The summed E-state index contributed by atoms with van der Waals surface area (Å²) in [5.74, 6) is -0.991. The molecule has 0 unspecified atom stereocenters. The summed E-state index contributed by atoms with van der Waals surface area (Å²) in [6.07, 6.45) is 0. The number of ether oxygens (including phenoxy) is 1. The first-order valence-electron chi connectivity index (χ1n) is 4.37. The zero-order chi connectivity index (χ0) is 11.6. The lowest BCUT2D eigenvalue weighted by Gasteiger charge is -2.13. The van der Waals surface area contributed by atoms with E-state index in [1.165, 1.54) is 7.11 Å². The smallest absolute Gasteiger partial charge is 0.347 e. The first kappa shape index (κ1) is 12.1. The largest absolute Gasteiger partial charge is 0.477 e. The van der Waals surface area contributed by atoms with Gasteiger partial charge in [-0.15, -0.1) is 11.3 Å². The van der Waals surface area contributed by atoms with Gasteiger partial charge >= 0.3 is 5.97 Å². The summed E-state index contributed by atoms with van der Waals surface area (Å²) >= 11 is 1.10. The van der Waals surface area contributed by atoms with Crippen LogP contribution in [-0.4, -0.2) is 23.2 Å². The van der Waals surface area contributed by atoms with E-state index < -0.39 is 11.5 Å². The number of thiazole rings is 1. The van der Waals surface area contributed by atoms with Gasteiger partial charge < -0.3 is 15.6 Å². The van der Waals surface area contributed by atoms with Crippen LogP contribution in [0.3, 0.4) is 0 Å². The highest BCUT2D eigenvalue weighted by atomic mass is 32.1. The van der Waals surface area contributed by atoms with Crippen LogP contribution in [0, 0.1) is 0 Å². The summed E-state index contributed by atoms with van der Waals surface area (Å²) in [6, 6.07) is 0. The van der Waals surface area contributed by atoms with Crippen LogP contribution in [0.5, 0.6) is 0 Å². The number of nitrogens with zero attached hydrogens (tertiary/aromatic N) is 1. The maximum absolute atomic E-state index is 10.9. The fraction of sp³-hybridized carbons (Fsp3) is 0.556. The first-order chi connectivity index (χ1) is 6.86. The van der Waals surface area contributed by atoms with Gasteiger partial charge in [-0.1, -0.05) is 0 Å². The van der Waals surface area contributed by atoms with Crippen molar-refractivity contribution >= 4 is 17.3 Å². The van der Waals surface area contributed by atoms with Crippen molar-refractivity contribution in [2.24, 2.45) is 5.73 Å². The van der Waals surface area contributed by atoms with Crippen molar-refractivity contribution in [3.8, 4) is 0 Å². The lowest BCUT2D eigenvalue weighted by molar-refractivity contribution is 0.0697. The highest BCUT2D eigenvalue weighted by molar-refractivity contribution is 7.13. The molecule has 1 aromatic heterocycles. The number of carboxylic acid groups (broad SMARTS) is 1. The number of rotatable bonds is 4. The van der Waals surface area contributed by atoms with Gasteiger partial charge in [0.2, 0.25) is 0 Å². The summed E-state index contributed by atoms with van der Waals surface area (Å²) in [5.41, 5.74) is 5.66. The van der Waals surface area contributed by atoms with Gasteiger partial charge in [-0.2, -0.15) is 0 Å². The van der Waals surface area contributed by atoms with Gasteiger partial charge in [-0.25, -0.2) is 9.78 Å². The van der Waals surface area contributed by atoms with Gasteiger partial charge in [-0.05, 0) is 13.8 Å². The van der Waals surface area contributed by atoms with Crippen LogP contribution in [-0.2, 0) is 16.9 Å². The molecule has 5 nitrogen and oxygen atoms in total. The Morgan fingerprint density at radius 3 is 2.67 bits per heavy atom. The summed E-state index contributed by atoms with van der Waals surface area (Å²) in [5, 5.41) is 9.55. The lowest BCUT2D eigenvalue weighted by atomic mass is 10.1. The maximum Gasteiger partial charge on any atom is 0.347 e. The average molecular weight is 230 g/mol.